The van der Waals surface area contributed by atoms with Gasteiger partial charge in [0.25, 0.3) is 5.91 Å². The molecule has 0 fully saturated rings. The third-order valence-corrected chi connectivity index (χ3v) is 2.36. The van der Waals surface area contributed by atoms with Crippen molar-refractivity contribution in [2.75, 3.05) is 0 Å². The number of aliphatic carboxylic acids is 1. The summed E-state index contributed by atoms with van der Waals surface area (Å²) in [6.45, 7) is 0.0803. The Morgan fingerprint density at radius 2 is 2.33 bits per heavy atom. The summed E-state index contributed by atoms with van der Waals surface area (Å²) in [6.07, 6.45) is 4.68. The zero-order chi connectivity index (χ0) is 13.0. The predicted molar refractivity (Wildman–Crippen MR) is 61.8 cm³/mol. The van der Waals surface area contributed by atoms with Crippen LogP contribution < -0.4 is 5.32 Å². The van der Waals surface area contributed by atoms with Crippen molar-refractivity contribution in [3.8, 4) is 0 Å². The zero-order valence-corrected chi connectivity index (χ0v) is 9.46. The summed E-state index contributed by atoms with van der Waals surface area (Å²) >= 11 is 0. The smallest absolute Gasteiger partial charge is 0.323 e. The van der Waals surface area contributed by atoms with E-state index in [4.69, 9.17) is 5.11 Å². The maximum absolute atomic E-state index is 11.8. The fourth-order valence-corrected chi connectivity index (χ4v) is 1.55. The van der Waals surface area contributed by atoms with Crippen LogP contribution in [0, 0.1) is 0 Å². The van der Waals surface area contributed by atoms with E-state index in [-0.39, 0.29) is 12.5 Å². The Labute approximate surface area is 102 Å². The van der Waals surface area contributed by atoms with Gasteiger partial charge >= 0.3 is 5.97 Å². The first-order valence-electron chi connectivity index (χ1n) is 5.29. The maximum Gasteiger partial charge on any atom is 0.323 e. The molecule has 0 spiro atoms. The number of carboxylic acid groups (broad SMARTS) is 1. The SMILES string of the molecule is O=C(O)Cn1cccc1C(=O)NCc1cnc[nH]1. The van der Waals surface area contributed by atoms with Crippen molar-refractivity contribution in [3.63, 3.8) is 0 Å². The fourth-order valence-electron chi connectivity index (χ4n) is 1.55. The minimum absolute atomic E-state index is 0.236. The Morgan fingerprint density at radius 3 is 3.00 bits per heavy atom. The molecule has 7 nitrogen and oxygen atoms in total. The van der Waals surface area contributed by atoms with Crippen LogP contribution in [-0.2, 0) is 17.9 Å². The lowest BCUT2D eigenvalue weighted by atomic mass is 10.3. The van der Waals surface area contributed by atoms with Crippen molar-refractivity contribution < 1.29 is 14.7 Å². The summed E-state index contributed by atoms with van der Waals surface area (Å²) in [6, 6.07) is 3.21. The van der Waals surface area contributed by atoms with Crippen molar-refractivity contribution in [1.82, 2.24) is 19.9 Å². The number of nitrogens with zero attached hydrogens (tertiary/aromatic N) is 2. The third kappa shape index (κ3) is 2.76. The molecule has 0 saturated heterocycles. The molecule has 1 amide bonds. The number of imidazole rings is 1. The molecule has 0 atom stereocenters. The zero-order valence-electron chi connectivity index (χ0n) is 9.46. The van der Waals surface area contributed by atoms with E-state index in [1.807, 2.05) is 0 Å². The van der Waals surface area contributed by atoms with Gasteiger partial charge in [0.1, 0.15) is 12.2 Å². The highest BCUT2D eigenvalue weighted by Gasteiger charge is 2.12. The van der Waals surface area contributed by atoms with Crippen LogP contribution in [0.1, 0.15) is 16.2 Å². The maximum atomic E-state index is 11.8. The number of aromatic amines is 1. The summed E-state index contributed by atoms with van der Waals surface area (Å²) < 4.78 is 1.38. The molecule has 0 aliphatic heterocycles. The summed E-state index contributed by atoms with van der Waals surface area (Å²) in [4.78, 5) is 29.2. The highest BCUT2D eigenvalue weighted by Crippen LogP contribution is 2.03. The van der Waals surface area contributed by atoms with Crippen LogP contribution in [0.25, 0.3) is 0 Å². The molecule has 0 aliphatic carbocycles. The van der Waals surface area contributed by atoms with E-state index in [1.54, 1.807) is 24.5 Å². The number of hydrogen-bond acceptors (Lipinski definition) is 3. The normalized spacial score (nSPS) is 10.2. The molecular weight excluding hydrogens is 236 g/mol. The molecule has 2 aromatic heterocycles. The predicted octanol–water partition coefficient (Wildman–Crippen LogP) is 0.226. The largest absolute Gasteiger partial charge is 0.480 e. The molecule has 3 N–H and O–H groups in total. The molecule has 0 bridgehead atoms. The highest BCUT2D eigenvalue weighted by molar-refractivity contribution is 5.93. The molecule has 0 saturated carbocycles. The summed E-state index contributed by atoms with van der Waals surface area (Å²) in [5.74, 6) is -1.32. The molecule has 0 radical (unpaired) electrons. The Hall–Kier alpha value is -2.57. The van der Waals surface area contributed by atoms with Gasteiger partial charge in [-0.3, -0.25) is 9.59 Å². The van der Waals surface area contributed by atoms with E-state index < -0.39 is 5.97 Å². The first kappa shape index (κ1) is 11.9. The van der Waals surface area contributed by atoms with Crippen molar-refractivity contribution in [2.45, 2.75) is 13.1 Å². The number of nitrogens with one attached hydrogen (secondary N) is 2. The quantitative estimate of drug-likeness (QED) is 0.705. The highest BCUT2D eigenvalue weighted by atomic mass is 16.4. The Morgan fingerprint density at radius 1 is 1.50 bits per heavy atom. The van der Waals surface area contributed by atoms with Crippen molar-refractivity contribution >= 4 is 11.9 Å². The van der Waals surface area contributed by atoms with Crippen molar-refractivity contribution in [1.29, 1.82) is 0 Å². The van der Waals surface area contributed by atoms with Gasteiger partial charge in [0.05, 0.1) is 18.6 Å². The van der Waals surface area contributed by atoms with Gasteiger partial charge in [0, 0.05) is 12.4 Å². The van der Waals surface area contributed by atoms with E-state index >= 15 is 0 Å². The second kappa shape index (κ2) is 5.17. The second-order valence-corrected chi connectivity index (χ2v) is 3.67. The Kier molecular flexibility index (Phi) is 3.42. The van der Waals surface area contributed by atoms with Gasteiger partial charge in [0.2, 0.25) is 0 Å². The average molecular weight is 248 g/mol. The van der Waals surface area contributed by atoms with Gasteiger partial charge in [-0.25, -0.2) is 4.98 Å². The van der Waals surface area contributed by atoms with Crippen LogP contribution >= 0.6 is 0 Å². The van der Waals surface area contributed by atoms with E-state index in [0.29, 0.717) is 12.2 Å². The second-order valence-electron chi connectivity index (χ2n) is 3.67. The van der Waals surface area contributed by atoms with Crippen LogP contribution in [0.2, 0.25) is 0 Å². The lowest BCUT2D eigenvalue weighted by Gasteiger charge is -2.06. The molecule has 2 heterocycles. The minimum atomic E-state index is -0.992. The fraction of sp³-hybridized carbons (Fsp3) is 0.182. The first-order chi connectivity index (χ1) is 8.66. The average Bonchev–Trinajstić information content (AvgIpc) is 2.95. The van der Waals surface area contributed by atoms with Gasteiger partial charge in [-0.2, -0.15) is 0 Å². The standard InChI is InChI=1S/C11H12N4O3/c16-10(17)6-15-3-1-2-9(15)11(18)13-5-8-4-12-7-14-8/h1-4,7H,5-6H2,(H,12,14)(H,13,18)(H,16,17). The number of amides is 1. The number of hydrogen-bond donors (Lipinski definition) is 3. The van der Waals surface area contributed by atoms with Crippen LogP contribution in [0.3, 0.4) is 0 Å². The van der Waals surface area contributed by atoms with Crippen molar-refractivity contribution in [2.24, 2.45) is 0 Å². The molecule has 0 unspecified atom stereocenters. The topological polar surface area (TPSA) is 100 Å². The van der Waals surface area contributed by atoms with Crippen LogP contribution in [-0.4, -0.2) is 31.5 Å². The van der Waals surface area contributed by atoms with Crippen molar-refractivity contribution in [3.05, 3.63) is 42.2 Å². The molecule has 7 heteroatoms. The number of aromatic nitrogens is 3. The van der Waals surface area contributed by atoms with Crippen LogP contribution in [0.5, 0.6) is 0 Å². The first-order valence-corrected chi connectivity index (χ1v) is 5.29. The lowest BCUT2D eigenvalue weighted by Crippen LogP contribution is -2.26. The number of carboxylic acids is 1. The number of carbonyl (C=O) groups is 2. The summed E-state index contributed by atoms with van der Waals surface area (Å²) in [5.41, 5.74) is 1.09. The van der Waals surface area contributed by atoms with Gasteiger partial charge in [-0.15, -0.1) is 0 Å². The van der Waals surface area contributed by atoms with Gasteiger partial charge < -0.3 is 20.0 Å². The number of rotatable bonds is 5. The van der Waals surface area contributed by atoms with Crippen LogP contribution in [0.4, 0.5) is 0 Å². The minimum Gasteiger partial charge on any atom is -0.480 e. The van der Waals surface area contributed by atoms with Crippen LogP contribution in [0.15, 0.2) is 30.9 Å². The monoisotopic (exact) mass is 248 g/mol. The van der Waals surface area contributed by atoms with E-state index in [9.17, 15) is 9.59 Å². The molecule has 2 aromatic rings. The van der Waals surface area contributed by atoms with Gasteiger partial charge in [0.15, 0.2) is 0 Å². The molecule has 0 aliphatic rings. The summed E-state index contributed by atoms with van der Waals surface area (Å²) in [5, 5.41) is 11.4. The lowest BCUT2D eigenvalue weighted by molar-refractivity contribution is -0.137. The van der Waals surface area contributed by atoms with E-state index in [1.165, 1.54) is 10.9 Å². The molecule has 18 heavy (non-hydrogen) atoms. The summed E-state index contributed by atoms with van der Waals surface area (Å²) in [7, 11) is 0. The Balaban J connectivity index is 2.00. The molecule has 2 rings (SSSR count). The number of H-pyrrole nitrogens is 1. The van der Waals surface area contributed by atoms with Gasteiger partial charge in [-0.05, 0) is 12.1 Å². The van der Waals surface area contributed by atoms with E-state index in [0.717, 1.165) is 5.69 Å². The van der Waals surface area contributed by atoms with E-state index in [2.05, 4.69) is 15.3 Å². The Bertz CT molecular complexity index is 544. The molecule has 94 valence electrons. The number of carbonyl (C=O) groups excluding carboxylic acids is 1. The van der Waals surface area contributed by atoms with Gasteiger partial charge in [-0.1, -0.05) is 0 Å². The third-order valence-electron chi connectivity index (χ3n) is 2.36. The molecule has 0 aromatic carbocycles. The molecular formula is C11H12N4O3.